The fourth-order valence-electron chi connectivity index (χ4n) is 4.82. The topological polar surface area (TPSA) is 97.8 Å². The molecule has 5 rings (SSSR count). The lowest BCUT2D eigenvalue weighted by atomic mass is 9.96. The Balaban J connectivity index is 1.12. The summed E-state index contributed by atoms with van der Waals surface area (Å²) in [5.41, 5.74) is 0.408. The predicted octanol–water partition coefficient (Wildman–Crippen LogP) is 4.59. The Morgan fingerprint density at radius 1 is 1.00 bits per heavy atom. The molecule has 2 atom stereocenters. The van der Waals surface area contributed by atoms with Crippen molar-refractivity contribution in [3.63, 3.8) is 0 Å². The average molecular weight is 533 g/mol. The minimum Gasteiger partial charge on any atom is -0.494 e. The lowest BCUT2D eigenvalue weighted by Gasteiger charge is -2.26. The fourth-order valence-corrected chi connectivity index (χ4v) is 4.82. The van der Waals surface area contributed by atoms with Gasteiger partial charge < -0.3 is 33.9 Å². The second-order valence-corrected chi connectivity index (χ2v) is 10.0. The Kier molecular flexibility index (Phi) is 7.49. The summed E-state index contributed by atoms with van der Waals surface area (Å²) in [6.07, 6.45) is 0.884. The van der Waals surface area contributed by atoms with Crippen molar-refractivity contribution in [1.29, 1.82) is 0 Å². The van der Waals surface area contributed by atoms with E-state index in [0.717, 1.165) is 16.9 Å². The van der Waals surface area contributed by atoms with Gasteiger partial charge in [-0.1, -0.05) is 36.4 Å². The Morgan fingerprint density at radius 3 is 2.46 bits per heavy atom. The van der Waals surface area contributed by atoms with Gasteiger partial charge >= 0.3 is 12.0 Å². The van der Waals surface area contributed by atoms with Gasteiger partial charge in [0.25, 0.3) is 0 Å². The van der Waals surface area contributed by atoms with Crippen LogP contribution >= 0.6 is 0 Å². The number of carbonyl (C=O) groups excluding carboxylic acids is 1. The molecule has 2 heterocycles. The minimum atomic E-state index is -1.41. The maximum atomic E-state index is 12.8. The maximum Gasteiger partial charge on any atom is 0.348 e. The molecule has 9 heteroatoms. The summed E-state index contributed by atoms with van der Waals surface area (Å²) in [6.45, 7) is 3.36. The van der Waals surface area contributed by atoms with Crippen LogP contribution in [0.1, 0.15) is 24.5 Å². The largest absolute Gasteiger partial charge is 0.494 e. The number of amides is 2. The monoisotopic (exact) mass is 532 g/mol. The molecule has 2 aliphatic heterocycles. The Bertz CT molecular complexity index is 1310. The first-order valence-electron chi connectivity index (χ1n) is 12.9. The molecular weight excluding hydrogens is 500 g/mol. The van der Waals surface area contributed by atoms with Gasteiger partial charge in [0.15, 0.2) is 11.5 Å². The Hall–Kier alpha value is -4.40. The van der Waals surface area contributed by atoms with Crippen LogP contribution in [0, 0.1) is 0 Å². The van der Waals surface area contributed by atoms with Gasteiger partial charge in [0.2, 0.25) is 12.4 Å². The van der Waals surface area contributed by atoms with E-state index in [1.54, 1.807) is 36.1 Å². The van der Waals surface area contributed by atoms with Gasteiger partial charge in [-0.15, -0.1) is 0 Å². The summed E-state index contributed by atoms with van der Waals surface area (Å²) in [7, 11) is 1.82. The zero-order valence-electron chi connectivity index (χ0n) is 22.0. The van der Waals surface area contributed by atoms with Crippen molar-refractivity contribution in [3.05, 3.63) is 83.9 Å². The van der Waals surface area contributed by atoms with E-state index < -0.39 is 11.6 Å². The lowest BCUT2D eigenvalue weighted by molar-refractivity contribution is -0.153. The van der Waals surface area contributed by atoms with Gasteiger partial charge in [-0.25, -0.2) is 9.59 Å². The molecule has 0 radical (unpaired) electrons. The average Bonchev–Trinajstić information content (AvgIpc) is 3.50. The van der Waals surface area contributed by atoms with Crippen LogP contribution in [0.25, 0.3) is 0 Å². The van der Waals surface area contributed by atoms with Crippen molar-refractivity contribution in [2.45, 2.75) is 38.0 Å². The van der Waals surface area contributed by atoms with Crippen molar-refractivity contribution in [3.8, 4) is 23.0 Å². The molecule has 204 valence electrons. The summed E-state index contributed by atoms with van der Waals surface area (Å²) in [5, 5.41) is 9.82. The number of nitrogens with zero attached hydrogens (tertiary/aromatic N) is 2. The fraction of sp³-hybridized carbons (Fsp3) is 0.333. The molecule has 1 fully saturated rings. The quantitative estimate of drug-likeness (QED) is 0.386. The second-order valence-electron chi connectivity index (χ2n) is 10.0. The highest BCUT2D eigenvalue weighted by atomic mass is 16.7. The number of ether oxygens (including phenoxy) is 4. The minimum absolute atomic E-state index is 0.0128. The molecule has 0 spiro atoms. The SMILES string of the molecule is CN1C(=O)N(Cc2ccc3c(c2)OCO3)CC1CCOc1ccc(CC(C)(Oc2ccccc2)C(=O)O)cc1. The van der Waals surface area contributed by atoms with Crippen molar-refractivity contribution in [1.82, 2.24) is 9.80 Å². The van der Waals surface area contributed by atoms with Crippen molar-refractivity contribution in [2.75, 3.05) is 27.0 Å². The molecule has 0 saturated carbocycles. The zero-order valence-corrected chi connectivity index (χ0v) is 22.0. The number of carboxylic acid groups (broad SMARTS) is 1. The normalized spacial score (nSPS) is 17.7. The molecule has 9 nitrogen and oxygen atoms in total. The second kappa shape index (κ2) is 11.1. The van der Waals surface area contributed by atoms with E-state index in [1.807, 2.05) is 60.5 Å². The maximum absolute atomic E-state index is 12.8. The van der Waals surface area contributed by atoms with E-state index in [9.17, 15) is 14.7 Å². The van der Waals surface area contributed by atoms with Crippen molar-refractivity contribution >= 4 is 12.0 Å². The molecule has 3 aromatic carbocycles. The van der Waals surface area contributed by atoms with Gasteiger partial charge in [0, 0.05) is 33.0 Å². The molecular formula is C30H32N2O7. The predicted molar refractivity (Wildman–Crippen MR) is 143 cm³/mol. The van der Waals surface area contributed by atoms with Crippen LogP contribution in [0.15, 0.2) is 72.8 Å². The molecule has 0 aliphatic carbocycles. The molecule has 1 saturated heterocycles. The van der Waals surface area contributed by atoms with Crippen LogP contribution in [0.5, 0.6) is 23.0 Å². The lowest BCUT2D eigenvalue weighted by Crippen LogP contribution is -2.43. The van der Waals surface area contributed by atoms with Crippen molar-refractivity contribution < 1.29 is 33.6 Å². The van der Waals surface area contributed by atoms with Crippen LogP contribution in [0.2, 0.25) is 0 Å². The summed E-state index contributed by atoms with van der Waals surface area (Å²) in [4.78, 5) is 28.4. The molecule has 3 aromatic rings. The number of rotatable bonds is 11. The van der Waals surface area contributed by atoms with E-state index in [2.05, 4.69) is 0 Å². The number of para-hydroxylation sites is 1. The van der Waals surface area contributed by atoms with Gasteiger partial charge in [0.05, 0.1) is 12.6 Å². The first-order chi connectivity index (χ1) is 18.8. The number of aliphatic carboxylic acids is 1. The van der Waals surface area contributed by atoms with Gasteiger partial charge in [0.1, 0.15) is 11.5 Å². The van der Waals surface area contributed by atoms with E-state index in [1.165, 1.54) is 0 Å². The van der Waals surface area contributed by atoms with Gasteiger partial charge in [-0.05, 0) is 54.4 Å². The third-order valence-electron chi connectivity index (χ3n) is 7.08. The number of likely N-dealkylation sites (N-methyl/N-ethyl adjacent to an activating group) is 1. The van der Waals surface area contributed by atoms with E-state index in [-0.39, 0.29) is 25.3 Å². The van der Waals surface area contributed by atoms with Gasteiger partial charge in [-0.2, -0.15) is 0 Å². The number of hydrogen-bond acceptors (Lipinski definition) is 6. The Labute approximate surface area is 227 Å². The van der Waals surface area contributed by atoms with E-state index in [0.29, 0.717) is 43.4 Å². The van der Waals surface area contributed by atoms with Gasteiger partial charge in [-0.3, -0.25) is 0 Å². The molecule has 1 N–H and O–H groups in total. The summed E-state index contributed by atoms with van der Waals surface area (Å²) in [6, 6.07) is 22.1. The number of carbonyl (C=O) groups is 2. The highest BCUT2D eigenvalue weighted by Crippen LogP contribution is 2.33. The van der Waals surface area contributed by atoms with Crippen LogP contribution < -0.4 is 18.9 Å². The summed E-state index contributed by atoms with van der Waals surface area (Å²) in [5.74, 6) is 1.59. The first-order valence-corrected chi connectivity index (χ1v) is 12.9. The number of urea groups is 1. The first kappa shape index (κ1) is 26.2. The summed E-state index contributed by atoms with van der Waals surface area (Å²) < 4.78 is 22.6. The third kappa shape index (κ3) is 6.03. The molecule has 2 aliphatic rings. The highest BCUT2D eigenvalue weighted by Gasteiger charge is 2.36. The zero-order chi connectivity index (χ0) is 27.4. The van der Waals surface area contributed by atoms with Crippen LogP contribution in [-0.2, 0) is 17.8 Å². The Morgan fingerprint density at radius 2 is 1.72 bits per heavy atom. The van der Waals surface area contributed by atoms with Crippen molar-refractivity contribution in [2.24, 2.45) is 0 Å². The molecule has 2 amide bonds. The molecule has 39 heavy (non-hydrogen) atoms. The van der Waals surface area contributed by atoms with Crippen LogP contribution in [0.4, 0.5) is 4.79 Å². The third-order valence-corrected chi connectivity index (χ3v) is 7.08. The standard InChI is InChI=1S/C30H32N2O7/c1-30(28(33)34,39-25-6-4-3-5-7-25)17-21-8-11-24(12-9-21)36-15-14-23-19-32(29(35)31(23)2)18-22-10-13-26-27(16-22)38-20-37-26/h3-13,16,23H,14-15,17-20H2,1-2H3,(H,33,34). The summed E-state index contributed by atoms with van der Waals surface area (Å²) >= 11 is 0. The smallest absolute Gasteiger partial charge is 0.348 e. The number of benzene rings is 3. The van der Waals surface area contributed by atoms with Crippen LogP contribution in [-0.4, -0.2) is 65.5 Å². The van der Waals surface area contributed by atoms with E-state index >= 15 is 0 Å². The molecule has 2 unspecified atom stereocenters. The van der Waals surface area contributed by atoms with Crippen LogP contribution in [0.3, 0.4) is 0 Å². The van der Waals surface area contributed by atoms with E-state index in [4.69, 9.17) is 18.9 Å². The number of hydrogen-bond donors (Lipinski definition) is 1. The molecule has 0 bridgehead atoms. The number of fused-ring (bicyclic) bond motifs is 1. The number of carboxylic acids is 1. The molecule has 0 aromatic heterocycles. The highest BCUT2D eigenvalue weighted by molar-refractivity contribution is 5.78.